The van der Waals surface area contributed by atoms with Crippen molar-refractivity contribution in [2.45, 2.75) is 46.4 Å². The fourth-order valence-corrected chi connectivity index (χ4v) is 9.45. The fraction of sp³-hybridized carbons (Fsp3) is 0.341. The van der Waals surface area contributed by atoms with Crippen LogP contribution >= 0.6 is 22.7 Å². The zero-order valence-corrected chi connectivity index (χ0v) is 37.1. The van der Waals surface area contributed by atoms with E-state index in [2.05, 4.69) is 4.98 Å². The number of ether oxygens (including phenoxy) is 3. The van der Waals surface area contributed by atoms with Gasteiger partial charge in [-0.25, -0.2) is 28.3 Å². The van der Waals surface area contributed by atoms with Gasteiger partial charge in [0.1, 0.15) is 50.0 Å². The summed E-state index contributed by atoms with van der Waals surface area (Å²) in [5, 5.41) is 4.31. The molecule has 4 aliphatic heterocycles. The number of rotatable bonds is 12. The molecule has 2 fully saturated rings. The molecule has 0 bridgehead atoms. The second-order valence-corrected chi connectivity index (χ2v) is 16.9. The van der Waals surface area contributed by atoms with Gasteiger partial charge in [0.25, 0.3) is 0 Å². The average molecular weight is 913 g/mol. The quantitative estimate of drug-likeness (QED) is 0.141. The Balaban J connectivity index is 1.05. The number of fused-ring (bicyclic) bond motifs is 2. The molecule has 0 spiro atoms. The molecule has 0 aliphatic carbocycles. The molecule has 16 nitrogen and oxygen atoms in total. The molecule has 2 aromatic carbocycles. The Labute approximate surface area is 374 Å². The highest BCUT2D eigenvalue weighted by atomic mass is 32.1. The van der Waals surface area contributed by atoms with E-state index in [1.807, 2.05) is 0 Å². The van der Waals surface area contributed by atoms with Gasteiger partial charge in [-0.1, -0.05) is 12.1 Å². The van der Waals surface area contributed by atoms with Crippen LogP contribution < -0.4 is 0 Å². The van der Waals surface area contributed by atoms with Crippen molar-refractivity contribution in [1.82, 2.24) is 29.6 Å². The first-order valence-electron chi connectivity index (χ1n) is 20.3. The molecule has 0 radical (unpaired) electrons. The Morgan fingerprint density at radius 3 is 1.86 bits per heavy atom. The van der Waals surface area contributed by atoms with Gasteiger partial charge >= 0.3 is 17.9 Å². The second-order valence-electron chi connectivity index (χ2n) is 15.2. The van der Waals surface area contributed by atoms with Gasteiger partial charge in [0.05, 0.1) is 54.5 Å². The summed E-state index contributed by atoms with van der Waals surface area (Å²) in [6.45, 7) is 5.71. The number of thiazole rings is 2. The zero-order valence-electron chi connectivity index (χ0n) is 35.4. The van der Waals surface area contributed by atoms with Gasteiger partial charge in [-0.3, -0.25) is 24.4 Å². The molecule has 64 heavy (non-hydrogen) atoms. The maximum Gasteiger partial charge on any atom is 0.338 e. The van der Waals surface area contributed by atoms with Crippen LogP contribution in [0.4, 0.5) is 8.78 Å². The van der Waals surface area contributed by atoms with Crippen LogP contribution in [0.15, 0.2) is 85.9 Å². The molecule has 4 aromatic rings. The van der Waals surface area contributed by atoms with Gasteiger partial charge in [0.15, 0.2) is 21.7 Å². The van der Waals surface area contributed by atoms with E-state index in [1.54, 1.807) is 73.6 Å². The molecule has 2 saturated heterocycles. The number of likely N-dealkylation sites (N-methyl/N-ethyl adjacent to an activating group) is 1. The predicted octanol–water partition coefficient (Wildman–Crippen LogP) is 4.79. The maximum atomic E-state index is 14.3. The molecule has 20 heteroatoms. The topological polar surface area (TPSA) is 176 Å². The molecule has 0 saturated carbocycles. The van der Waals surface area contributed by atoms with Gasteiger partial charge in [0, 0.05) is 24.0 Å². The summed E-state index contributed by atoms with van der Waals surface area (Å²) in [6, 6.07) is 6.59. The van der Waals surface area contributed by atoms with E-state index in [4.69, 9.17) is 29.2 Å². The Bertz CT molecular complexity index is 2700. The lowest BCUT2D eigenvalue weighted by Gasteiger charge is -2.41. The summed E-state index contributed by atoms with van der Waals surface area (Å²) < 4.78 is 45.2. The summed E-state index contributed by atoms with van der Waals surface area (Å²) in [7, 11) is 1.63. The van der Waals surface area contributed by atoms with Gasteiger partial charge in [-0.2, -0.15) is 0 Å². The van der Waals surface area contributed by atoms with Gasteiger partial charge in [0.2, 0.25) is 11.8 Å². The number of aromatic nitrogens is 2. The Morgan fingerprint density at radius 1 is 0.750 bits per heavy atom. The van der Waals surface area contributed by atoms with E-state index < -0.39 is 54.1 Å². The van der Waals surface area contributed by atoms with E-state index >= 15 is 0 Å². The number of esters is 3. The molecule has 0 N–H and O–H groups in total. The first kappa shape index (κ1) is 44.0. The number of benzene rings is 2. The van der Waals surface area contributed by atoms with Crippen molar-refractivity contribution in [3.8, 4) is 0 Å². The highest BCUT2D eigenvalue weighted by molar-refractivity contribution is 7.12. The zero-order chi connectivity index (χ0) is 45.4. The van der Waals surface area contributed by atoms with Crippen LogP contribution in [0.2, 0.25) is 0 Å². The van der Waals surface area contributed by atoms with Gasteiger partial charge < -0.3 is 33.8 Å². The minimum absolute atomic E-state index is 0.0585. The largest absolute Gasteiger partial charge is 0.463 e. The van der Waals surface area contributed by atoms with Crippen LogP contribution in [0.1, 0.15) is 63.9 Å². The Kier molecular flexibility index (Phi) is 12.5. The van der Waals surface area contributed by atoms with Crippen molar-refractivity contribution in [1.29, 1.82) is 0 Å². The fourth-order valence-electron chi connectivity index (χ4n) is 8.00. The first-order valence-corrected chi connectivity index (χ1v) is 22.1. The van der Waals surface area contributed by atoms with Crippen molar-refractivity contribution in [3.05, 3.63) is 125 Å². The first-order chi connectivity index (χ1) is 30.8. The molecule has 6 heterocycles. The number of carbonyl (C=O) groups excluding carboxylic acids is 5. The molecule has 2 atom stereocenters. The van der Waals surface area contributed by atoms with Crippen LogP contribution in [-0.2, 0) is 44.8 Å². The van der Waals surface area contributed by atoms with Crippen LogP contribution in [0.3, 0.4) is 0 Å². The number of nitrogens with zero attached hydrogens (tertiary/aromatic N) is 8. The van der Waals surface area contributed by atoms with Crippen molar-refractivity contribution >= 4 is 64.1 Å². The lowest BCUT2D eigenvalue weighted by molar-refractivity contribution is -0.151. The van der Waals surface area contributed by atoms with E-state index in [-0.39, 0.29) is 63.1 Å². The number of aliphatic imine (C=N–C) groups is 2. The van der Waals surface area contributed by atoms with E-state index in [9.17, 15) is 32.8 Å². The smallest absolute Gasteiger partial charge is 0.338 e. The molecule has 4 aliphatic rings. The molecule has 1 unspecified atom stereocenters. The third-order valence-corrected chi connectivity index (χ3v) is 12.7. The van der Waals surface area contributed by atoms with Crippen molar-refractivity contribution in [3.63, 3.8) is 0 Å². The third-order valence-electron chi connectivity index (χ3n) is 11.0. The maximum absolute atomic E-state index is 14.3. The lowest BCUT2D eigenvalue weighted by Crippen LogP contribution is -2.54. The number of hydrogen-bond donors (Lipinski definition) is 0. The number of amides is 2. The number of piperazine rings is 2. The second kappa shape index (κ2) is 18.2. The number of halogens is 2. The third kappa shape index (κ3) is 8.54. The standard InChI is InChI=1S/C44H42F2N8O8S2/c1-6-60-43(58)35-30-16-51(5)32(55)18-53(30)40(50-37(35)28-10-8-25(45)14-23(28)3)42-48-27(22-64-42)21-62-34(57)20-52-17-31-36(44(59)61-7-2)38(29-11-9-26(46)15-24(29)4)49-39(41-47-12-13-63-41)54(31)19-33(52)56/h8-15,22,37-38H,6-7,16-21H2,1-5H3/t37?,38-/m0/s1. The highest BCUT2D eigenvalue weighted by Crippen LogP contribution is 2.41. The summed E-state index contributed by atoms with van der Waals surface area (Å²) in [4.78, 5) is 92.7. The molecular weight excluding hydrogens is 871 g/mol. The van der Waals surface area contributed by atoms with Crippen molar-refractivity contribution in [2.24, 2.45) is 9.98 Å². The van der Waals surface area contributed by atoms with Crippen LogP contribution in [-0.4, -0.2) is 124 Å². The minimum Gasteiger partial charge on any atom is -0.463 e. The van der Waals surface area contributed by atoms with E-state index in [0.717, 1.165) is 0 Å². The van der Waals surface area contributed by atoms with Crippen LogP contribution in [0.25, 0.3) is 0 Å². The van der Waals surface area contributed by atoms with E-state index in [1.165, 1.54) is 56.7 Å². The average Bonchev–Trinajstić information content (AvgIpc) is 3.97. The number of aryl methyl sites for hydroxylation is 2. The summed E-state index contributed by atoms with van der Waals surface area (Å²) in [6.07, 6.45) is 1.60. The Hall–Kier alpha value is -6.67. The normalized spacial score (nSPS) is 18.7. The number of hydrogen-bond acceptors (Lipinski definition) is 16. The molecular formula is C44H42F2N8O8S2. The van der Waals surface area contributed by atoms with Crippen LogP contribution in [0, 0.1) is 25.5 Å². The predicted molar refractivity (Wildman–Crippen MR) is 230 cm³/mol. The lowest BCUT2D eigenvalue weighted by atomic mass is 9.91. The van der Waals surface area contributed by atoms with E-state index in [0.29, 0.717) is 61.0 Å². The van der Waals surface area contributed by atoms with Gasteiger partial charge in [-0.05, 0) is 74.2 Å². The monoisotopic (exact) mass is 912 g/mol. The highest BCUT2D eigenvalue weighted by Gasteiger charge is 2.44. The minimum atomic E-state index is -0.929. The molecule has 332 valence electrons. The van der Waals surface area contributed by atoms with Crippen molar-refractivity contribution < 1.29 is 47.0 Å². The van der Waals surface area contributed by atoms with Crippen LogP contribution in [0.5, 0.6) is 0 Å². The van der Waals surface area contributed by atoms with Gasteiger partial charge in [-0.15, -0.1) is 22.7 Å². The molecule has 2 amide bonds. The number of carbonyl (C=O) groups is 5. The summed E-state index contributed by atoms with van der Waals surface area (Å²) in [5.74, 6) is -2.93. The Morgan fingerprint density at radius 2 is 1.31 bits per heavy atom. The van der Waals surface area contributed by atoms with Crippen molar-refractivity contribution in [2.75, 3.05) is 53.0 Å². The summed E-state index contributed by atoms with van der Waals surface area (Å²) in [5.41, 5.74) is 3.84. The summed E-state index contributed by atoms with van der Waals surface area (Å²) >= 11 is 2.49. The SMILES string of the molecule is CCOC(=O)C1=C2CN(C)C(=O)CN2C(c2nc(COC(=O)CN3CC4=C(C(=O)OCC)[C@H](c5ccc(F)cc5C)N=C(c5nccs5)N4CC3=O)cs2)=NC1c1ccc(F)cc1C. The molecule has 2 aromatic heterocycles. The molecule has 8 rings (SSSR count). The number of amidine groups is 2.